The van der Waals surface area contributed by atoms with Gasteiger partial charge in [0.25, 0.3) is 0 Å². The third-order valence-corrected chi connectivity index (χ3v) is 8.96. The monoisotopic (exact) mass is 404 g/mol. The highest BCUT2D eigenvalue weighted by molar-refractivity contribution is 6.18. The molecule has 0 aromatic heterocycles. The van der Waals surface area contributed by atoms with E-state index in [0.29, 0.717) is 29.5 Å². The predicted molar refractivity (Wildman–Crippen MR) is 115 cm³/mol. The molecule has 2 fully saturated rings. The zero-order chi connectivity index (χ0) is 21.1. The van der Waals surface area contributed by atoms with Crippen LogP contribution in [0.5, 0.6) is 0 Å². The first-order chi connectivity index (χ1) is 14.3. The number of carboxylic acid groups (broad SMARTS) is 1. The van der Waals surface area contributed by atoms with Crippen molar-refractivity contribution in [2.75, 3.05) is 5.32 Å². The Morgan fingerprint density at radius 3 is 2.73 bits per heavy atom. The number of Topliss-reactive ketones (excluding diaryl/α,β-unsaturated/α-hetero) is 1. The number of carbonyl (C=O) groups is 2. The molecule has 0 unspecified atom stereocenters. The van der Waals surface area contributed by atoms with Gasteiger partial charge in [0.05, 0.1) is 5.70 Å². The molecule has 0 radical (unpaired) electrons. The first-order valence-corrected chi connectivity index (χ1v) is 11.3. The molecule has 4 aliphatic rings. The fourth-order valence-electron chi connectivity index (χ4n) is 7.07. The van der Waals surface area contributed by atoms with E-state index in [1.54, 1.807) is 0 Å². The van der Waals surface area contributed by atoms with Crippen LogP contribution in [0.15, 0.2) is 48.2 Å². The number of fused-ring (bicyclic) bond motifs is 4. The minimum absolute atomic E-state index is 0.0334. The van der Waals surface area contributed by atoms with E-state index in [2.05, 4.69) is 24.4 Å². The molecule has 1 N–H and O–H groups in total. The standard InChI is InChI=1S/C26H31NO3/c1-25-13-6-5-7-16(25)10-11-17-19(25)12-14-26(2,24(29)30)20(17)15-22-23(28)18-8-3-4-9-21(18)27-22/h3-6,8-9,15-17,19-20,27H,7,10-14H2,1-2H3,(H,29,30)/p-1/b22-15+/t16-,17+,19+,20+,25+,26+/m1/s1. The second-order valence-corrected chi connectivity index (χ2v) is 10.3. The molecule has 0 spiro atoms. The van der Waals surface area contributed by atoms with E-state index < -0.39 is 11.4 Å². The van der Waals surface area contributed by atoms with Crippen LogP contribution in [0.3, 0.4) is 0 Å². The zero-order valence-electron chi connectivity index (χ0n) is 17.8. The van der Waals surface area contributed by atoms with Gasteiger partial charge in [-0.2, -0.15) is 0 Å². The molecule has 1 heterocycles. The number of allylic oxidation sites excluding steroid dienone is 4. The largest absolute Gasteiger partial charge is 0.550 e. The summed E-state index contributed by atoms with van der Waals surface area (Å²) in [5.74, 6) is 0.204. The molecule has 3 aliphatic carbocycles. The summed E-state index contributed by atoms with van der Waals surface area (Å²) < 4.78 is 0. The molecular formula is C26H30NO3-. The Kier molecular flexibility index (Phi) is 4.46. The molecular weight excluding hydrogens is 374 g/mol. The van der Waals surface area contributed by atoms with E-state index >= 15 is 0 Å². The van der Waals surface area contributed by atoms with Gasteiger partial charge in [-0.3, -0.25) is 4.79 Å². The van der Waals surface area contributed by atoms with E-state index in [1.807, 2.05) is 37.3 Å². The number of anilines is 1. The summed E-state index contributed by atoms with van der Waals surface area (Å²) >= 11 is 0. The van der Waals surface area contributed by atoms with Gasteiger partial charge in [0.1, 0.15) is 0 Å². The number of rotatable bonds is 2. The number of carbonyl (C=O) groups excluding carboxylic acids is 2. The molecule has 30 heavy (non-hydrogen) atoms. The van der Waals surface area contributed by atoms with E-state index in [-0.39, 0.29) is 23.0 Å². The van der Waals surface area contributed by atoms with Crippen molar-refractivity contribution in [3.63, 3.8) is 0 Å². The average Bonchev–Trinajstić information content (AvgIpc) is 3.05. The van der Waals surface area contributed by atoms with Gasteiger partial charge < -0.3 is 15.2 Å². The summed E-state index contributed by atoms with van der Waals surface area (Å²) in [5.41, 5.74) is 1.28. The van der Waals surface area contributed by atoms with Crippen molar-refractivity contribution < 1.29 is 14.7 Å². The van der Waals surface area contributed by atoms with Crippen LogP contribution < -0.4 is 10.4 Å². The molecule has 0 saturated heterocycles. The molecule has 1 aromatic carbocycles. The lowest BCUT2D eigenvalue weighted by Gasteiger charge is -2.60. The average molecular weight is 405 g/mol. The van der Waals surface area contributed by atoms with Gasteiger partial charge in [0.2, 0.25) is 5.78 Å². The van der Waals surface area contributed by atoms with Gasteiger partial charge in [-0.25, -0.2) is 0 Å². The van der Waals surface area contributed by atoms with E-state index in [1.165, 1.54) is 0 Å². The third kappa shape index (κ3) is 2.72. The lowest BCUT2D eigenvalue weighted by atomic mass is 9.45. The minimum Gasteiger partial charge on any atom is -0.550 e. The van der Waals surface area contributed by atoms with Crippen LogP contribution in [0.25, 0.3) is 0 Å². The molecule has 4 nitrogen and oxygen atoms in total. The second kappa shape index (κ2) is 6.83. The normalized spacial score (nSPS) is 41.0. The molecule has 1 aliphatic heterocycles. The highest BCUT2D eigenvalue weighted by Crippen LogP contribution is 2.62. The van der Waals surface area contributed by atoms with Crippen molar-refractivity contribution in [3.8, 4) is 0 Å². The number of aliphatic carboxylic acids is 1. The van der Waals surface area contributed by atoms with Crippen LogP contribution in [0.2, 0.25) is 0 Å². The van der Waals surface area contributed by atoms with E-state index in [4.69, 9.17) is 0 Å². The van der Waals surface area contributed by atoms with Gasteiger partial charge in [-0.1, -0.05) is 44.2 Å². The molecule has 0 bridgehead atoms. The Hall–Kier alpha value is -2.36. The van der Waals surface area contributed by atoms with Crippen LogP contribution in [0.4, 0.5) is 5.69 Å². The smallest absolute Gasteiger partial charge is 0.210 e. The first-order valence-electron chi connectivity index (χ1n) is 11.3. The van der Waals surface area contributed by atoms with Gasteiger partial charge >= 0.3 is 0 Å². The van der Waals surface area contributed by atoms with Gasteiger partial charge in [0, 0.05) is 22.6 Å². The van der Waals surface area contributed by atoms with Crippen LogP contribution in [0, 0.1) is 34.5 Å². The van der Waals surface area contributed by atoms with Crippen LogP contribution in [-0.2, 0) is 4.79 Å². The van der Waals surface area contributed by atoms with Crippen molar-refractivity contribution in [1.29, 1.82) is 0 Å². The number of benzene rings is 1. The Bertz CT molecular complexity index is 963. The lowest BCUT2D eigenvalue weighted by Crippen LogP contribution is -2.56. The molecule has 2 saturated carbocycles. The summed E-state index contributed by atoms with van der Waals surface area (Å²) in [7, 11) is 0. The van der Waals surface area contributed by atoms with Crippen molar-refractivity contribution in [2.24, 2.45) is 34.5 Å². The number of nitrogens with one attached hydrogen (secondary N) is 1. The Morgan fingerprint density at radius 1 is 1.17 bits per heavy atom. The number of hydrogen-bond acceptors (Lipinski definition) is 4. The fourth-order valence-corrected chi connectivity index (χ4v) is 7.07. The first kappa shape index (κ1) is 19.6. The van der Waals surface area contributed by atoms with Crippen molar-refractivity contribution in [3.05, 3.63) is 53.8 Å². The molecule has 4 heteroatoms. The number of ketones is 1. The number of hydrogen-bond donors (Lipinski definition) is 1. The number of para-hydroxylation sites is 1. The zero-order valence-corrected chi connectivity index (χ0v) is 17.8. The molecule has 0 amide bonds. The quantitative estimate of drug-likeness (QED) is 0.588. The van der Waals surface area contributed by atoms with Gasteiger partial charge in [-0.15, -0.1) is 0 Å². The molecule has 6 atom stereocenters. The number of carboxylic acids is 1. The Morgan fingerprint density at radius 2 is 1.97 bits per heavy atom. The van der Waals surface area contributed by atoms with E-state index in [9.17, 15) is 14.7 Å². The summed E-state index contributed by atoms with van der Waals surface area (Å²) in [6, 6.07) is 7.49. The summed E-state index contributed by atoms with van der Waals surface area (Å²) in [6.07, 6.45) is 12.5. The maximum atomic E-state index is 13.0. The molecule has 1 aromatic rings. The maximum Gasteiger partial charge on any atom is 0.210 e. The van der Waals surface area contributed by atoms with Crippen molar-refractivity contribution >= 4 is 17.4 Å². The lowest BCUT2D eigenvalue weighted by molar-refractivity contribution is -0.324. The van der Waals surface area contributed by atoms with Crippen LogP contribution in [0.1, 0.15) is 62.7 Å². The highest BCUT2D eigenvalue weighted by Gasteiger charge is 2.56. The third-order valence-electron chi connectivity index (χ3n) is 8.96. The van der Waals surface area contributed by atoms with Crippen LogP contribution >= 0.6 is 0 Å². The van der Waals surface area contributed by atoms with Crippen molar-refractivity contribution in [1.82, 2.24) is 0 Å². The van der Waals surface area contributed by atoms with E-state index in [0.717, 1.165) is 37.8 Å². The van der Waals surface area contributed by atoms with Gasteiger partial charge in [0.15, 0.2) is 0 Å². The van der Waals surface area contributed by atoms with Gasteiger partial charge in [-0.05, 0) is 79.7 Å². The molecule has 5 rings (SSSR count). The maximum absolute atomic E-state index is 13.0. The SMILES string of the molecule is C[C@]12CC=CC[C@@H]1CC[C@H]1[C@@H]2CC[C@](C)(C(=O)[O-])[C@H]1/C=C1/Nc2ccccc2C1=O. The Balaban J connectivity index is 1.55. The summed E-state index contributed by atoms with van der Waals surface area (Å²) in [5, 5.41) is 15.6. The van der Waals surface area contributed by atoms with Crippen molar-refractivity contribution in [2.45, 2.75) is 52.4 Å². The minimum atomic E-state index is -0.985. The molecule has 158 valence electrons. The topological polar surface area (TPSA) is 69.2 Å². The Labute approximate surface area is 178 Å². The second-order valence-electron chi connectivity index (χ2n) is 10.3. The highest BCUT2D eigenvalue weighted by atomic mass is 16.4. The summed E-state index contributed by atoms with van der Waals surface area (Å²) in [6.45, 7) is 4.25. The fraction of sp³-hybridized carbons (Fsp3) is 0.538. The van der Waals surface area contributed by atoms with Crippen LogP contribution in [-0.4, -0.2) is 11.8 Å². The predicted octanol–water partition coefficient (Wildman–Crippen LogP) is 4.34. The summed E-state index contributed by atoms with van der Waals surface area (Å²) in [4.78, 5) is 25.3.